The van der Waals surface area contributed by atoms with Crippen molar-refractivity contribution >= 4 is 40.1 Å². The van der Waals surface area contributed by atoms with Gasteiger partial charge in [-0.05, 0) is 33.2 Å². The molecule has 0 radical (unpaired) electrons. The Hall–Kier alpha value is -0.660. The molecule has 0 bridgehead atoms. The minimum Gasteiger partial charge on any atom is -0.341 e. The molecule has 7 heteroatoms. The van der Waals surface area contributed by atoms with Crippen LogP contribution in [0.25, 0.3) is 0 Å². The lowest BCUT2D eigenvalue weighted by Gasteiger charge is -2.31. The Morgan fingerprint density at radius 3 is 2.60 bits per heavy atom. The predicted molar refractivity (Wildman–Crippen MR) is 86.5 cm³/mol. The van der Waals surface area contributed by atoms with E-state index in [4.69, 9.17) is 18.0 Å². The van der Waals surface area contributed by atoms with E-state index in [0.29, 0.717) is 10.9 Å². The maximum atomic E-state index is 12.6. The van der Waals surface area contributed by atoms with Gasteiger partial charge in [-0.2, -0.15) is 0 Å². The van der Waals surface area contributed by atoms with Gasteiger partial charge in [0.2, 0.25) is 5.91 Å². The Labute approximate surface area is 130 Å². The van der Waals surface area contributed by atoms with Crippen molar-refractivity contribution in [2.45, 2.75) is 43.9 Å². The van der Waals surface area contributed by atoms with Crippen LogP contribution < -0.4 is 5.73 Å². The lowest BCUT2D eigenvalue weighted by Crippen LogP contribution is -2.51. The van der Waals surface area contributed by atoms with E-state index >= 15 is 0 Å². The second-order valence-electron chi connectivity index (χ2n) is 5.31. The Morgan fingerprint density at radius 2 is 2.15 bits per heavy atom. The number of amides is 2. The van der Waals surface area contributed by atoms with Crippen molar-refractivity contribution in [2.75, 3.05) is 20.6 Å². The summed E-state index contributed by atoms with van der Waals surface area (Å²) in [7, 11) is 3.36. The van der Waals surface area contributed by atoms with Gasteiger partial charge >= 0.3 is 0 Å². The molecule has 2 amide bonds. The fraction of sp³-hybridized carbons (Fsp3) is 0.769. The quantitative estimate of drug-likeness (QED) is 0.453. The highest BCUT2D eigenvalue weighted by Gasteiger charge is 2.52. The van der Waals surface area contributed by atoms with Crippen LogP contribution >= 0.6 is 24.0 Å². The minimum absolute atomic E-state index is 0.0822. The molecule has 1 heterocycles. The molecular formula is C13H23N3O2S2. The smallest absolute Gasteiger partial charge is 0.253 e. The fourth-order valence-electron chi connectivity index (χ4n) is 2.14. The largest absolute Gasteiger partial charge is 0.341 e. The van der Waals surface area contributed by atoms with Crippen LogP contribution in [0.2, 0.25) is 0 Å². The first kappa shape index (κ1) is 17.4. The molecule has 0 saturated carbocycles. The third kappa shape index (κ3) is 3.32. The van der Waals surface area contributed by atoms with Gasteiger partial charge in [0, 0.05) is 20.1 Å². The standard InChI is InChI=1S/C13H23N3O2S2/c1-9(7-5-6-8-14)15(3)10(17)13(2)11(18)16(4)12(19)20-13/h9H,5-8,14H2,1-4H3. The molecular weight excluding hydrogens is 294 g/mol. The molecule has 0 aromatic rings. The molecule has 1 aliphatic heterocycles. The van der Waals surface area contributed by atoms with Gasteiger partial charge in [-0.15, -0.1) is 0 Å². The van der Waals surface area contributed by atoms with Crippen LogP contribution in [-0.4, -0.2) is 57.4 Å². The van der Waals surface area contributed by atoms with Gasteiger partial charge in [0.05, 0.1) is 0 Å². The molecule has 5 nitrogen and oxygen atoms in total. The van der Waals surface area contributed by atoms with E-state index in [-0.39, 0.29) is 17.9 Å². The second-order valence-corrected chi connectivity index (χ2v) is 7.37. The molecule has 1 saturated heterocycles. The second kappa shape index (κ2) is 6.87. The van der Waals surface area contributed by atoms with Crippen LogP contribution in [0.5, 0.6) is 0 Å². The Kier molecular flexibility index (Phi) is 5.97. The van der Waals surface area contributed by atoms with Crippen LogP contribution in [0.3, 0.4) is 0 Å². The molecule has 0 spiro atoms. The third-order valence-electron chi connectivity index (χ3n) is 3.74. The third-order valence-corrected chi connectivity index (χ3v) is 5.47. The molecule has 114 valence electrons. The molecule has 2 atom stereocenters. The van der Waals surface area contributed by atoms with Gasteiger partial charge in [-0.3, -0.25) is 14.5 Å². The van der Waals surface area contributed by atoms with E-state index in [2.05, 4.69) is 0 Å². The molecule has 2 unspecified atom stereocenters. The fourth-order valence-corrected chi connectivity index (χ4v) is 3.75. The molecule has 1 fully saturated rings. The van der Waals surface area contributed by atoms with Gasteiger partial charge in [-0.25, -0.2) is 0 Å². The van der Waals surface area contributed by atoms with Crippen molar-refractivity contribution < 1.29 is 9.59 Å². The average molecular weight is 317 g/mol. The van der Waals surface area contributed by atoms with E-state index in [0.717, 1.165) is 31.0 Å². The Balaban J connectivity index is 2.74. The van der Waals surface area contributed by atoms with Crippen molar-refractivity contribution in [2.24, 2.45) is 5.73 Å². The summed E-state index contributed by atoms with van der Waals surface area (Å²) in [6, 6.07) is 0.0822. The molecule has 1 rings (SSSR count). The zero-order valence-electron chi connectivity index (χ0n) is 12.5. The predicted octanol–water partition coefficient (Wildman–Crippen LogP) is 1.21. The number of thioether (sulfide) groups is 1. The van der Waals surface area contributed by atoms with Gasteiger partial charge in [0.25, 0.3) is 5.91 Å². The number of nitrogens with zero attached hydrogens (tertiary/aromatic N) is 2. The lowest BCUT2D eigenvalue weighted by molar-refractivity contribution is -0.141. The van der Waals surface area contributed by atoms with E-state index in [9.17, 15) is 9.59 Å². The van der Waals surface area contributed by atoms with Gasteiger partial charge in [-0.1, -0.05) is 30.4 Å². The summed E-state index contributed by atoms with van der Waals surface area (Å²) >= 11 is 6.27. The van der Waals surface area contributed by atoms with Crippen LogP contribution in [0.15, 0.2) is 0 Å². The molecule has 0 aliphatic carbocycles. The van der Waals surface area contributed by atoms with Crippen molar-refractivity contribution in [1.29, 1.82) is 0 Å². The molecule has 2 N–H and O–H groups in total. The summed E-state index contributed by atoms with van der Waals surface area (Å²) in [6.07, 6.45) is 2.81. The van der Waals surface area contributed by atoms with Gasteiger partial charge in [0.15, 0.2) is 4.75 Å². The van der Waals surface area contributed by atoms with Crippen LogP contribution in [0, 0.1) is 0 Å². The van der Waals surface area contributed by atoms with Gasteiger partial charge in [0.1, 0.15) is 4.32 Å². The first-order chi connectivity index (χ1) is 9.25. The van der Waals surface area contributed by atoms with Gasteiger partial charge < -0.3 is 10.6 Å². The summed E-state index contributed by atoms with van der Waals surface area (Å²) in [5, 5.41) is 0. The summed E-state index contributed by atoms with van der Waals surface area (Å²) in [5.41, 5.74) is 5.47. The monoisotopic (exact) mass is 317 g/mol. The molecule has 0 aromatic carbocycles. The number of unbranched alkanes of at least 4 members (excludes halogenated alkanes) is 1. The molecule has 0 aromatic heterocycles. The van der Waals surface area contributed by atoms with E-state index in [1.54, 1.807) is 25.9 Å². The number of rotatable bonds is 6. The normalized spacial score (nSPS) is 24.1. The maximum absolute atomic E-state index is 12.6. The Bertz CT molecular complexity index is 416. The summed E-state index contributed by atoms with van der Waals surface area (Å²) in [6.45, 7) is 4.31. The highest BCUT2D eigenvalue weighted by atomic mass is 32.2. The van der Waals surface area contributed by atoms with Crippen LogP contribution in [0.4, 0.5) is 0 Å². The summed E-state index contributed by atoms with van der Waals surface area (Å²) < 4.78 is -0.669. The molecule has 20 heavy (non-hydrogen) atoms. The number of carbonyl (C=O) groups excluding carboxylic acids is 2. The number of hydrogen-bond acceptors (Lipinski definition) is 5. The SMILES string of the molecule is CC(CCCCN)N(C)C(=O)C1(C)SC(=S)N(C)C1=O. The van der Waals surface area contributed by atoms with Crippen LogP contribution in [-0.2, 0) is 9.59 Å². The first-order valence-electron chi connectivity index (χ1n) is 6.74. The summed E-state index contributed by atoms with van der Waals surface area (Å²) in [5.74, 6) is -0.419. The number of hydrogen-bond donors (Lipinski definition) is 1. The van der Waals surface area contributed by atoms with Crippen molar-refractivity contribution in [3.05, 3.63) is 0 Å². The molecule has 1 aliphatic rings. The topological polar surface area (TPSA) is 66.6 Å². The zero-order valence-corrected chi connectivity index (χ0v) is 14.1. The minimum atomic E-state index is -1.12. The number of carbonyl (C=O) groups is 2. The van der Waals surface area contributed by atoms with E-state index in [1.165, 1.54) is 4.90 Å². The van der Waals surface area contributed by atoms with Crippen LogP contribution in [0.1, 0.15) is 33.1 Å². The highest BCUT2D eigenvalue weighted by molar-refractivity contribution is 8.25. The van der Waals surface area contributed by atoms with Crippen molar-refractivity contribution in [3.8, 4) is 0 Å². The Morgan fingerprint density at radius 1 is 1.55 bits per heavy atom. The number of thiocarbonyl (C=S) groups is 1. The zero-order chi connectivity index (χ0) is 15.5. The van der Waals surface area contributed by atoms with Crippen molar-refractivity contribution in [3.63, 3.8) is 0 Å². The summed E-state index contributed by atoms with van der Waals surface area (Å²) in [4.78, 5) is 27.9. The lowest BCUT2D eigenvalue weighted by atomic mass is 10.0. The maximum Gasteiger partial charge on any atom is 0.253 e. The highest BCUT2D eigenvalue weighted by Crippen LogP contribution is 2.38. The number of nitrogens with two attached hydrogens (primary N) is 1. The average Bonchev–Trinajstić information content (AvgIpc) is 2.62. The van der Waals surface area contributed by atoms with Crippen molar-refractivity contribution in [1.82, 2.24) is 9.80 Å². The van der Waals surface area contributed by atoms with E-state index < -0.39 is 4.75 Å². The first-order valence-corrected chi connectivity index (χ1v) is 7.96. The van der Waals surface area contributed by atoms with E-state index in [1.807, 2.05) is 6.92 Å².